The molecular weight excluding hydrogens is 1420 g/mol. The van der Waals surface area contributed by atoms with Crippen LogP contribution in [0.15, 0.2) is 449 Å². The second-order valence-electron chi connectivity index (χ2n) is 32.9. The summed E-state index contributed by atoms with van der Waals surface area (Å²) in [6.07, 6.45) is 0. The van der Waals surface area contributed by atoms with E-state index >= 15 is 0 Å². The molecule has 0 atom stereocenters. The predicted octanol–water partition coefficient (Wildman–Crippen LogP) is 30.3. The average Bonchev–Trinajstić information content (AvgIpc) is 1.48. The van der Waals surface area contributed by atoms with E-state index in [0.717, 1.165) is 34.1 Å². The van der Waals surface area contributed by atoms with Crippen molar-refractivity contribution in [3.05, 3.63) is 516 Å². The highest BCUT2D eigenvalue weighted by molar-refractivity contribution is 5.95. The van der Waals surface area contributed by atoms with E-state index in [-0.39, 0.29) is 21.7 Å². The van der Waals surface area contributed by atoms with Crippen molar-refractivity contribution in [1.29, 1.82) is 0 Å². The van der Waals surface area contributed by atoms with E-state index in [0.29, 0.717) is 0 Å². The highest BCUT2D eigenvalue weighted by atomic mass is 15.1. The first kappa shape index (κ1) is 71.3. The van der Waals surface area contributed by atoms with Crippen LogP contribution in [0.4, 0.5) is 34.1 Å². The Balaban J connectivity index is 0.000000147. The van der Waals surface area contributed by atoms with Crippen LogP contribution in [0.1, 0.15) is 94.5 Å². The van der Waals surface area contributed by atoms with Crippen LogP contribution in [0.25, 0.3) is 89.0 Å². The summed E-state index contributed by atoms with van der Waals surface area (Å²) < 4.78 is 0. The predicted molar refractivity (Wildman–Crippen MR) is 494 cm³/mol. The molecule has 0 bridgehead atoms. The van der Waals surface area contributed by atoms with Crippen LogP contribution >= 0.6 is 0 Å². The number of anilines is 6. The van der Waals surface area contributed by atoms with E-state index in [9.17, 15) is 0 Å². The molecule has 0 heterocycles. The molecule has 4 aliphatic carbocycles. The number of benzene rings is 18. The number of fused-ring (bicyclic) bond motifs is 18. The standard InChI is InChI=1S/2C58H43N/c1-57(2)52-24-12-14-26-54(52)58(55-27-15-13-25-53(55)57)50-23-11-9-22-48(50)49-39-44(33-38-51(49)58)42-31-36-46(37-32-42)59(45-34-29-41(30-35-45)40-17-5-3-6-18-40)56-28-16-10-21-47(56)43-19-7-4-8-20-43;1-57(2)53-21-11-13-23-55(53)58(56-24-14-12-22-54(56)57)51-20-10-9-19-49(51)50-39-45(33-38-52(50)58)44-27-25-41(26-28-44)43-31-36-48(37-32-43)59(46-17-7-4-8-18-46)47-34-29-42(30-35-47)40-15-5-3-6-16-40/h2*3-39H,1-2H3. The van der Waals surface area contributed by atoms with Gasteiger partial charge in [-0.15, -0.1) is 0 Å². The largest absolute Gasteiger partial charge is 0.311 e. The fourth-order valence-electron chi connectivity index (χ4n) is 20.4. The van der Waals surface area contributed by atoms with Gasteiger partial charge < -0.3 is 9.80 Å². The van der Waals surface area contributed by atoms with E-state index in [1.165, 1.54) is 156 Å². The van der Waals surface area contributed by atoms with Crippen molar-refractivity contribution in [2.75, 3.05) is 9.80 Å². The Labute approximate surface area is 693 Å². The minimum Gasteiger partial charge on any atom is -0.311 e. The van der Waals surface area contributed by atoms with Gasteiger partial charge in [0, 0.05) is 44.8 Å². The van der Waals surface area contributed by atoms with Crippen molar-refractivity contribution in [1.82, 2.24) is 0 Å². The van der Waals surface area contributed by atoms with E-state index in [1.54, 1.807) is 0 Å². The lowest BCUT2D eigenvalue weighted by Crippen LogP contribution is -2.40. The molecule has 2 nitrogen and oxygen atoms in total. The SMILES string of the molecule is CC1(C)c2ccccc2C2(c3ccccc3-c3cc(-c4ccc(-c5ccc(N(c6ccccc6)c6ccc(-c7ccccc7)cc6)cc5)cc4)ccc32)c2ccccc21.CC1(C)c2ccccc2C2(c3ccccc3-c3cc(-c4ccc(N(c5ccc(-c6ccccc6)cc5)c5ccccc5-c5ccccc5)cc4)ccc32)c2ccccc21. The van der Waals surface area contributed by atoms with Crippen molar-refractivity contribution in [3.63, 3.8) is 0 Å². The van der Waals surface area contributed by atoms with Gasteiger partial charge in [-0.2, -0.15) is 0 Å². The van der Waals surface area contributed by atoms with Gasteiger partial charge in [-0.1, -0.05) is 398 Å². The van der Waals surface area contributed by atoms with Crippen LogP contribution in [0.5, 0.6) is 0 Å². The number of nitrogens with zero attached hydrogens (tertiary/aromatic N) is 2. The van der Waals surface area contributed by atoms with Gasteiger partial charge >= 0.3 is 0 Å². The third-order valence-electron chi connectivity index (χ3n) is 26.0. The first-order chi connectivity index (χ1) is 58.0. The minimum atomic E-state index is -0.389. The van der Waals surface area contributed by atoms with Gasteiger partial charge in [0.2, 0.25) is 0 Å². The third kappa shape index (κ3) is 11.5. The molecule has 2 heteroatoms. The lowest BCUT2D eigenvalue weighted by Gasteiger charge is -2.46. The zero-order valence-corrected chi connectivity index (χ0v) is 66.6. The van der Waals surface area contributed by atoms with Gasteiger partial charge in [0.05, 0.1) is 16.5 Å². The van der Waals surface area contributed by atoms with Crippen molar-refractivity contribution in [2.24, 2.45) is 0 Å². The van der Waals surface area contributed by atoms with Gasteiger partial charge in [-0.3, -0.25) is 0 Å². The zero-order valence-electron chi connectivity index (χ0n) is 66.6. The Morgan fingerprint density at radius 3 is 0.712 bits per heavy atom. The molecule has 18 aromatic rings. The molecule has 0 unspecified atom stereocenters. The smallest absolute Gasteiger partial charge is 0.0719 e. The topological polar surface area (TPSA) is 6.48 Å². The van der Waals surface area contributed by atoms with Crippen molar-refractivity contribution in [2.45, 2.75) is 49.4 Å². The highest BCUT2D eigenvalue weighted by Crippen LogP contribution is 2.65. The Bertz CT molecular complexity index is 6700. The number of hydrogen-bond acceptors (Lipinski definition) is 2. The Kier molecular flexibility index (Phi) is 17.4. The second kappa shape index (κ2) is 28.8. The lowest BCUT2D eigenvalue weighted by atomic mass is 9.55. The number of hydrogen-bond donors (Lipinski definition) is 0. The maximum Gasteiger partial charge on any atom is 0.0719 e. The van der Waals surface area contributed by atoms with E-state index in [2.05, 4.69) is 486 Å². The Morgan fingerprint density at radius 1 is 0.144 bits per heavy atom. The Hall–Kier alpha value is -14.4. The monoisotopic (exact) mass is 1510 g/mol. The molecule has 4 aliphatic rings. The minimum absolute atomic E-state index is 0.103. The molecule has 2 spiro atoms. The summed E-state index contributed by atoms with van der Waals surface area (Å²) in [7, 11) is 0. The highest BCUT2D eigenvalue weighted by Gasteiger charge is 2.55. The van der Waals surface area contributed by atoms with Crippen LogP contribution in [0.2, 0.25) is 0 Å². The average molecular weight is 1510 g/mol. The third-order valence-corrected chi connectivity index (χ3v) is 26.0. The molecule has 22 rings (SSSR count). The van der Waals surface area contributed by atoms with Crippen LogP contribution in [-0.4, -0.2) is 0 Å². The molecule has 0 amide bonds. The molecule has 0 N–H and O–H groups in total. The molecule has 18 aromatic carbocycles. The van der Waals surface area contributed by atoms with Crippen LogP contribution in [0, 0.1) is 0 Å². The summed E-state index contributed by atoms with van der Waals surface area (Å²) in [4.78, 5) is 4.71. The summed E-state index contributed by atoms with van der Waals surface area (Å²) >= 11 is 0. The molecule has 0 fully saturated rings. The van der Waals surface area contributed by atoms with Crippen LogP contribution < -0.4 is 9.80 Å². The summed E-state index contributed by atoms with van der Waals surface area (Å²) in [6, 6.07) is 165. The van der Waals surface area contributed by atoms with Crippen molar-refractivity contribution in [3.8, 4) is 89.0 Å². The fraction of sp³-hybridized carbons (Fsp3) is 0.0690. The fourth-order valence-corrected chi connectivity index (χ4v) is 20.4. The molecule has 118 heavy (non-hydrogen) atoms. The summed E-state index contributed by atoms with van der Waals surface area (Å²) in [5.74, 6) is 0. The first-order valence-electron chi connectivity index (χ1n) is 41.4. The maximum atomic E-state index is 2.44. The molecule has 0 radical (unpaired) electrons. The van der Waals surface area contributed by atoms with Gasteiger partial charge in [0.25, 0.3) is 0 Å². The van der Waals surface area contributed by atoms with E-state index < -0.39 is 0 Å². The summed E-state index contributed by atoms with van der Waals surface area (Å²) in [5, 5.41) is 0. The molecule has 560 valence electrons. The normalized spacial score (nSPS) is 13.9. The molecule has 0 saturated heterocycles. The first-order valence-corrected chi connectivity index (χ1v) is 41.4. The van der Waals surface area contributed by atoms with E-state index in [4.69, 9.17) is 0 Å². The number of rotatable bonds is 12. The quantitative estimate of drug-likeness (QED) is 0.120. The molecule has 0 saturated carbocycles. The van der Waals surface area contributed by atoms with Gasteiger partial charge in [0.15, 0.2) is 0 Å². The summed E-state index contributed by atoms with van der Waals surface area (Å²) in [5.41, 5.74) is 42.1. The second-order valence-corrected chi connectivity index (χ2v) is 32.9. The molecule has 0 aliphatic heterocycles. The number of para-hydroxylation sites is 2. The maximum absolute atomic E-state index is 2.44. The molecule has 0 aromatic heterocycles. The van der Waals surface area contributed by atoms with Gasteiger partial charge in [-0.25, -0.2) is 0 Å². The molecular formula is C116H86N2. The zero-order chi connectivity index (χ0) is 79.1. The van der Waals surface area contributed by atoms with Gasteiger partial charge in [-0.05, 0) is 229 Å². The van der Waals surface area contributed by atoms with E-state index in [1.807, 2.05) is 0 Å². The van der Waals surface area contributed by atoms with Crippen molar-refractivity contribution >= 4 is 34.1 Å². The van der Waals surface area contributed by atoms with Crippen molar-refractivity contribution < 1.29 is 0 Å². The van der Waals surface area contributed by atoms with Gasteiger partial charge in [0.1, 0.15) is 0 Å². The van der Waals surface area contributed by atoms with Crippen LogP contribution in [0.3, 0.4) is 0 Å². The lowest BCUT2D eigenvalue weighted by molar-refractivity contribution is 0.563. The Morgan fingerprint density at radius 2 is 0.364 bits per heavy atom. The summed E-state index contributed by atoms with van der Waals surface area (Å²) in [6.45, 7) is 9.53. The van der Waals surface area contributed by atoms with Crippen LogP contribution in [-0.2, 0) is 21.7 Å².